The van der Waals surface area contributed by atoms with Gasteiger partial charge in [0.05, 0.1) is 24.4 Å². The minimum atomic E-state index is -0.869. The Labute approximate surface area is 292 Å². The van der Waals surface area contributed by atoms with Crippen LogP contribution in [0.5, 0.6) is 0 Å². The maximum atomic E-state index is 11.9. The molecular formula is C40H43ClN2O6. The van der Waals surface area contributed by atoms with Gasteiger partial charge in [-0.15, -0.1) is 0 Å². The van der Waals surface area contributed by atoms with E-state index in [-0.39, 0.29) is 25.4 Å². The summed E-state index contributed by atoms with van der Waals surface area (Å²) in [6.07, 6.45) is 2.15. The van der Waals surface area contributed by atoms with Crippen molar-refractivity contribution in [1.82, 2.24) is 10.2 Å². The van der Waals surface area contributed by atoms with E-state index in [1.54, 1.807) is 0 Å². The molecule has 0 aromatic heterocycles. The van der Waals surface area contributed by atoms with Crippen molar-refractivity contribution in [3.63, 3.8) is 0 Å². The zero-order chi connectivity index (χ0) is 34.2. The molecule has 2 heterocycles. The average Bonchev–Trinajstić information content (AvgIpc) is 3.14. The first-order valence-electron chi connectivity index (χ1n) is 16.7. The molecule has 6 rings (SSSR count). The number of carbonyl (C=O) groups is 1. The molecule has 0 radical (unpaired) electrons. The lowest BCUT2D eigenvalue weighted by Gasteiger charge is -2.42. The number of rotatable bonds is 11. The van der Waals surface area contributed by atoms with Crippen LogP contribution < -0.4 is 5.32 Å². The van der Waals surface area contributed by atoms with E-state index in [2.05, 4.69) is 28.9 Å². The predicted octanol–water partition coefficient (Wildman–Crippen LogP) is 7.44. The highest BCUT2D eigenvalue weighted by Gasteiger charge is 2.37. The molecule has 2 fully saturated rings. The lowest BCUT2D eigenvalue weighted by Crippen LogP contribution is -2.46. The van der Waals surface area contributed by atoms with Crippen LogP contribution >= 0.6 is 11.6 Å². The number of ether oxygens (including phenoxy) is 3. The Morgan fingerprint density at radius 3 is 2.35 bits per heavy atom. The number of nitrogens with one attached hydrogen (secondary N) is 1. The zero-order valence-electron chi connectivity index (χ0n) is 27.5. The second-order valence-electron chi connectivity index (χ2n) is 12.8. The number of aliphatic hydroxyl groups excluding tert-OH is 1. The molecule has 256 valence electrons. The van der Waals surface area contributed by atoms with E-state index in [9.17, 15) is 15.0 Å². The number of carbonyl (C=O) groups excluding carboxylic acids is 1. The Bertz CT molecular complexity index is 1690. The van der Waals surface area contributed by atoms with Gasteiger partial charge in [-0.25, -0.2) is 4.79 Å². The maximum absolute atomic E-state index is 11.9. The molecule has 1 amide bonds. The molecule has 2 aliphatic heterocycles. The number of amides is 1. The van der Waals surface area contributed by atoms with E-state index in [1.165, 1.54) is 6.08 Å². The fourth-order valence-corrected chi connectivity index (χ4v) is 6.65. The summed E-state index contributed by atoms with van der Waals surface area (Å²) in [5, 5.41) is 24.4. The fourth-order valence-electron chi connectivity index (χ4n) is 6.53. The van der Waals surface area contributed by atoms with Crippen LogP contribution in [-0.2, 0) is 33.0 Å². The standard InChI is InChI=1S/C40H43ClN2O6/c1-2-22-47-39(45)42-25-29-4-3-5-33(23-29)30-10-12-32(13-11-30)38-48-36(24-37(49-38)31-8-6-28(27-44)7-9-31)26-43-20-18-40(46,19-21-43)34-14-16-35(41)17-15-34/h2-17,23,36-38,44,46H,1,18-22,24-27H2,(H,42,45)/t36-,37+,38+/m1/s1. The maximum Gasteiger partial charge on any atom is 0.407 e. The molecule has 8 nitrogen and oxygen atoms in total. The summed E-state index contributed by atoms with van der Waals surface area (Å²) < 4.78 is 18.2. The van der Waals surface area contributed by atoms with Crippen molar-refractivity contribution in [1.29, 1.82) is 0 Å². The van der Waals surface area contributed by atoms with E-state index >= 15 is 0 Å². The molecule has 3 N–H and O–H groups in total. The van der Waals surface area contributed by atoms with E-state index in [1.807, 2.05) is 84.9 Å². The third-order valence-corrected chi connectivity index (χ3v) is 9.61. The minimum Gasteiger partial charge on any atom is -0.445 e. The Kier molecular flexibility index (Phi) is 11.5. The van der Waals surface area contributed by atoms with Gasteiger partial charge in [-0.05, 0) is 64.4 Å². The van der Waals surface area contributed by atoms with Crippen molar-refractivity contribution in [2.24, 2.45) is 0 Å². The van der Waals surface area contributed by atoms with Crippen LogP contribution in [0.3, 0.4) is 0 Å². The Morgan fingerprint density at radius 2 is 1.65 bits per heavy atom. The summed E-state index contributed by atoms with van der Waals surface area (Å²) in [5.74, 6) is 0. The largest absolute Gasteiger partial charge is 0.445 e. The van der Waals surface area contributed by atoms with Crippen molar-refractivity contribution >= 4 is 17.7 Å². The summed E-state index contributed by atoms with van der Waals surface area (Å²) in [5.41, 5.74) is 5.87. The molecule has 0 unspecified atom stereocenters. The fraction of sp³-hybridized carbons (Fsp3) is 0.325. The number of piperidine rings is 1. The summed E-state index contributed by atoms with van der Waals surface area (Å²) in [6, 6.07) is 31.6. The Hall–Kier alpha value is -4.02. The number of halogens is 1. The third kappa shape index (κ3) is 8.97. The first-order chi connectivity index (χ1) is 23.8. The monoisotopic (exact) mass is 682 g/mol. The van der Waals surface area contributed by atoms with Gasteiger partial charge in [0.2, 0.25) is 0 Å². The molecule has 0 saturated carbocycles. The van der Waals surface area contributed by atoms with E-state index in [0.717, 1.165) is 58.6 Å². The molecule has 2 saturated heterocycles. The topological polar surface area (TPSA) is 100 Å². The number of benzene rings is 4. The molecule has 4 aromatic carbocycles. The number of likely N-dealkylation sites (tertiary alicyclic amines) is 1. The highest BCUT2D eigenvalue weighted by atomic mass is 35.5. The molecule has 0 aliphatic carbocycles. The van der Waals surface area contributed by atoms with Gasteiger partial charge >= 0.3 is 6.09 Å². The summed E-state index contributed by atoms with van der Waals surface area (Å²) in [4.78, 5) is 14.2. The highest BCUT2D eigenvalue weighted by Crippen LogP contribution is 2.40. The number of nitrogens with zero attached hydrogens (tertiary/aromatic N) is 1. The highest BCUT2D eigenvalue weighted by molar-refractivity contribution is 6.30. The molecular weight excluding hydrogens is 640 g/mol. The van der Waals surface area contributed by atoms with Gasteiger partial charge in [0.1, 0.15) is 6.61 Å². The van der Waals surface area contributed by atoms with Crippen LogP contribution in [-0.4, -0.2) is 53.6 Å². The van der Waals surface area contributed by atoms with Crippen molar-refractivity contribution in [2.45, 2.75) is 56.5 Å². The molecule has 9 heteroatoms. The summed E-state index contributed by atoms with van der Waals surface area (Å²) in [7, 11) is 0. The summed E-state index contributed by atoms with van der Waals surface area (Å²) in [6.45, 7) is 6.29. The quantitative estimate of drug-likeness (QED) is 0.141. The molecule has 3 atom stereocenters. The lowest BCUT2D eigenvalue weighted by atomic mass is 9.84. The van der Waals surface area contributed by atoms with Gasteiger partial charge in [0.25, 0.3) is 0 Å². The van der Waals surface area contributed by atoms with Gasteiger partial charge in [-0.3, -0.25) is 0 Å². The Morgan fingerprint density at radius 1 is 0.939 bits per heavy atom. The van der Waals surface area contributed by atoms with Crippen LogP contribution in [0, 0.1) is 0 Å². The third-order valence-electron chi connectivity index (χ3n) is 9.35. The van der Waals surface area contributed by atoms with Crippen LogP contribution in [0.2, 0.25) is 5.02 Å². The first-order valence-corrected chi connectivity index (χ1v) is 17.1. The molecule has 2 aliphatic rings. The van der Waals surface area contributed by atoms with Crippen molar-refractivity contribution in [2.75, 3.05) is 26.2 Å². The van der Waals surface area contributed by atoms with Crippen molar-refractivity contribution < 1.29 is 29.2 Å². The van der Waals surface area contributed by atoms with E-state index in [0.29, 0.717) is 30.8 Å². The van der Waals surface area contributed by atoms with Crippen molar-refractivity contribution in [3.05, 3.63) is 143 Å². The molecule has 49 heavy (non-hydrogen) atoms. The average molecular weight is 683 g/mol. The second kappa shape index (κ2) is 16.1. The zero-order valence-corrected chi connectivity index (χ0v) is 28.2. The van der Waals surface area contributed by atoms with Crippen molar-refractivity contribution in [3.8, 4) is 11.1 Å². The van der Waals surface area contributed by atoms with Gasteiger partial charge in [0, 0.05) is 43.2 Å². The lowest BCUT2D eigenvalue weighted by molar-refractivity contribution is -0.253. The van der Waals surface area contributed by atoms with Gasteiger partial charge in [-0.1, -0.05) is 103 Å². The minimum absolute atomic E-state index is 0.00840. The van der Waals surface area contributed by atoms with Crippen LogP contribution in [0.25, 0.3) is 11.1 Å². The Balaban J connectivity index is 1.14. The van der Waals surface area contributed by atoms with Crippen LogP contribution in [0.15, 0.2) is 110 Å². The summed E-state index contributed by atoms with van der Waals surface area (Å²) >= 11 is 6.08. The number of alkyl carbamates (subject to hydrolysis) is 1. The SMILES string of the molecule is C=CCOC(=O)NCc1cccc(-c2ccc([C@H]3O[C@@H](CN4CCC(O)(c5ccc(Cl)cc5)CC4)C[C@@H](c4ccc(CO)cc4)O3)cc2)c1. The number of hydrogen-bond donors (Lipinski definition) is 3. The molecule has 0 bridgehead atoms. The van der Waals surface area contributed by atoms with E-state index in [4.69, 9.17) is 25.8 Å². The van der Waals surface area contributed by atoms with Gasteiger partial charge < -0.3 is 34.6 Å². The first kappa shape index (κ1) is 34.8. The normalized spacial score (nSPS) is 20.8. The predicted molar refractivity (Wildman–Crippen MR) is 190 cm³/mol. The van der Waals surface area contributed by atoms with Gasteiger partial charge in [-0.2, -0.15) is 0 Å². The van der Waals surface area contributed by atoms with E-state index < -0.39 is 18.0 Å². The second-order valence-corrected chi connectivity index (χ2v) is 13.2. The smallest absolute Gasteiger partial charge is 0.407 e. The molecule has 0 spiro atoms. The number of hydrogen-bond acceptors (Lipinski definition) is 7. The molecule has 4 aromatic rings. The van der Waals surface area contributed by atoms with Crippen LogP contribution in [0.1, 0.15) is 59.5 Å². The number of aliphatic hydroxyl groups is 2. The van der Waals surface area contributed by atoms with Crippen LogP contribution in [0.4, 0.5) is 4.79 Å². The van der Waals surface area contributed by atoms with Gasteiger partial charge in [0.15, 0.2) is 6.29 Å².